The Morgan fingerprint density at radius 1 is 1.25 bits per heavy atom. The first-order valence-electron chi connectivity index (χ1n) is 6.45. The molecule has 0 aliphatic heterocycles. The Kier molecular flexibility index (Phi) is 8.40. The van der Waals surface area contributed by atoms with E-state index < -0.39 is 22.0 Å². The van der Waals surface area contributed by atoms with E-state index in [4.69, 9.17) is 5.11 Å². The number of nitrogens with zero attached hydrogens (tertiary/aromatic N) is 1. The molecular weight excluding hydrogens is 286 g/mol. The molecule has 0 aliphatic rings. The van der Waals surface area contributed by atoms with Gasteiger partial charge in [0.2, 0.25) is 10.0 Å². The lowest BCUT2D eigenvalue weighted by atomic mass is 10.2. The van der Waals surface area contributed by atoms with E-state index in [1.165, 1.54) is 11.4 Å². The Bertz CT molecular complexity index is 418. The van der Waals surface area contributed by atoms with Crippen LogP contribution in [0.15, 0.2) is 0 Å². The summed E-state index contributed by atoms with van der Waals surface area (Å²) in [6.07, 6.45) is -0.141. The molecule has 0 saturated heterocycles. The monoisotopic (exact) mass is 309 g/mol. The van der Waals surface area contributed by atoms with Crippen LogP contribution in [0.4, 0.5) is 0 Å². The van der Waals surface area contributed by atoms with Crippen LogP contribution in [0.2, 0.25) is 0 Å². The second-order valence-corrected chi connectivity index (χ2v) is 6.98. The van der Waals surface area contributed by atoms with E-state index in [1.807, 2.05) is 13.8 Å². The molecule has 20 heavy (non-hydrogen) atoms. The lowest BCUT2D eigenvalue weighted by Gasteiger charge is -2.23. The van der Waals surface area contributed by atoms with E-state index in [0.29, 0.717) is 6.54 Å². The van der Waals surface area contributed by atoms with Crippen molar-refractivity contribution in [1.82, 2.24) is 4.31 Å². The van der Waals surface area contributed by atoms with Gasteiger partial charge in [0.15, 0.2) is 0 Å². The minimum Gasteiger partial charge on any atom is -0.481 e. The van der Waals surface area contributed by atoms with Gasteiger partial charge in [-0.15, -0.1) is 0 Å². The van der Waals surface area contributed by atoms with Crippen LogP contribution < -0.4 is 0 Å². The average Bonchev–Trinajstić information content (AvgIpc) is 2.32. The molecule has 0 aromatic carbocycles. The largest absolute Gasteiger partial charge is 0.481 e. The highest BCUT2D eigenvalue weighted by atomic mass is 32.2. The van der Waals surface area contributed by atoms with Crippen LogP contribution in [0.1, 0.15) is 33.1 Å². The number of carboxylic acids is 1. The van der Waals surface area contributed by atoms with Gasteiger partial charge >= 0.3 is 11.9 Å². The molecule has 0 radical (unpaired) electrons. The van der Waals surface area contributed by atoms with Gasteiger partial charge in [0.1, 0.15) is 0 Å². The minimum atomic E-state index is -3.55. The summed E-state index contributed by atoms with van der Waals surface area (Å²) < 4.78 is 30.0. The molecule has 0 rings (SSSR count). The Hall–Kier alpha value is -1.15. The first-order chi connectivity index (χ1) is 9.19. The van der Waals surface area contributed by atoms with Crippen molar-refractivity contribution < 1.29 is 27.9 Å². The molecule has 0 saturated carbocycles. The average molecular weight is 309 g/mol. The molecule has 1 N–H and O–H groups in total. The smallest absolute Gasteiger partial charge is 0.306 e. The Morgan fingerprint density at radius 2 is 1.85 bits per heavy atom. The van der Waals surface area contributed by atoms with E-state index in [-0.39, 0.29) is 37.5 Å². The third-order valence-corrected chi connectivity index (χ3v) is 4.47. The number of hydrogen-bond donors (Lipinski definition) is 1. The highest BCUT2D eigenvalue weighted by Gasteiger charge is 2.23. The fraction of sp³-hybridized carbons (Fsp3) is 0.833. The minimum absolute atomic E-state index is 0.0125. The van der Waals surface area contributed by atoms with Crippen molar-refractivity contribution in [3.05, 3.63) is 0 Å². The molecular formula is C12H23NO6S. The lowest BCUT2D eigenvalue weighted by molar-refractivity contribution is -0.140. The molecule has 0 fully saturated rings. The van der Waals surface area contributed by atoms with Crippen molar-refractivity contribution in [2.45, 2.75) is 33.1 Å². The summed E-state index contributed by atoms with van der Waals surface area (Å²) in [5.41, 5.74) is 0. The van der Waals surface area contributed by atoms with Crippen LogP contribution in [0.25, 0.3) is 0 Å². The van der Waals surface area contributed by atoms with E-state index in [1.54, 1.807) is 0 Å². The van der Waals surface area contributed by atoms with Crippen molar-refractivity contribution in [2.24, 2.45) is 5.92 Å². The van der Waals surface area contributed by atoms with Crippen molar-refractivity contribution in [1.29, 1.82) is 0 Å². The number of methoxy groups -OCH3 is 1. The first-order valence-corrected chi connectivity index (χ1v) is 8.06. The molecule has 0 aromatic rings. The summed E-state index contributed by atoms with van der Waals surface area (Å²) in [6, 6.07) is 0. The topological polar surface area (TPSA) is 101 Å². The van der Waals surface area contributed by atoms with Crippen LogP contribution in [-0.4, -0.2) is 55.7 Å². The lowest BCUT2D eigenvalue weighted by Crippen LogP contribution is -2.37. The van der Waals surface area contributed by atoms with Crippen molar-refractivity contribution >= 4 is 22.0 Å². The van der Waals surface area contributed by atoms with E-state index in [2.05, 4.69) is 4.74 Å². The molecule has 0 aromatic heterocycles. The summed E-state index contributed by atoms with van der Waals surface area (Å²) in [4.78, 5) is 21.5. The van der Waals surface area contributed by atoms with Gasteiger partial charge in [-0.05, 0) is 12.3 Å². The molecule has 0 aliphatic carbocycles. The van der Waals surface area contributed by atoms with Crippen molar-refractivity contribution in [2.75, 3.05) is 26.0 Å². The summed E-state index contributed by atoms with van der Waals surface area (Å²) >= 11 is 0. The maximum atomic E-state index is 12.1. The number of rotatable bonds is 10. The van der Waals surface area contributed by atoms with Crippen molar-refractivity contribution in [3.63, 3.8) is 0 Å². The normalized spacial score (nSPS) is 11.8. The number of carbonyl (C=O) groups is 2. The number of carbonyl (C=O) groups excluding carboxylic acids is 1. The standard InChI is InChI=1S/C12H23NO6S/c1-10(2)9-13(7-6-12(16)19-3)20(17,18)8-4-5-11(14)15/h10H,4-9H2,1-3H3,(H,14,15). The number of esters is 1. The van der Waals surface area contributed by atoms with Gasteiger partial charge in [-0.3, -0.25) is 9.59 Å². The highest BCUT2D eigenvalue weighted by molar-refractivity contribution is 7.89. The molecule has 0 heterocycles. The number of ether oxygens (including phenoxy) is 1. The van der Waals surface area contributed by atoms with Gasteiger partial charge in [0.25, 0.3) is 0 Å². The number of aliphatic carboxylic acids is 1. The maximum absolute atomic E-state index is 12.1. The Morgan fingerprint density at radius 3 is 2.30 bits per heavy atom. The van der Waals surface area contributed by atoms with Crippen LogP contribution in [0.5, 0.6) is 0 Å². The predicted molar refractivity (Wildman–Crippen MR) is 73.7 cm³/mol. The van der Waals surface area contributed by atoms with Gasteiger partial charge in [-0.2, -0.15) is 0 Å². The van der Waals surface area contributed by atoms with E-state index in [0.717, 1.165) is 0 Å². The predicted octanol–water partition coefficient (Wildman–Crippen LogP) is 0.702. The van der Waals surface area contributed by atoms with E-state index in [9.17, 15) is 18.0 Å². The molecule has 8 heteroatoms. The summed E-state index contributed by atoms with van der Waals surface area (Å²) in [5.74, 6) is -1.61. The second kappa shape index (κ2) is 8.91. The molecule has 7 nitrogen and oxygen atoms in total. The van der Waals surface area contributed by atoms with Crippen LogP contribution in [0, 0.1) is 5.92 Å². The first kappa shape index (κ1) is 18.9. The maximum Gasteiger partial charge on any atom is 0.306 e. The van der Waals surface area contributed by atoms with Crippen molar-refractivity contribution in [3.8, 4) is 0 Å². The van der Waals surface area contributed by atoms with Gasteiger partial charge in [-0.1, -0.05) is 13.8 Å². The molecule has 0 spiro atoms. The zero-order valence-corrected chi connectivity index (χ0v) is 13.0. The number of sulfonamides is 1. The Labute approximate surface area is 120 Å². The van der Waals surface area contributed by atoms with Crippen LogP contribution in [0.3, 0.4) is 0 Å². The zero-order valence-electron chi connectivity index (χ0n) is 12.2. The van der Waals surface area contributed by atoms with Gasteiger partial charge < -0.3 is 9.84 Å². The van der Waals surface area contributed by atoms with E-state index >= 15 is 0 Å². The SMILES string of the molecule is COC(=O)CCN(CC(C)C)S(=O)(=O)CCCC(=O)O. The van der Waals surface area contributed by atoms with Gasteiger partial charge in [0, 0.05) is 19.5 Å². The Balaban J connectivity index is 4.64. The number of carboxylic acid groups (broad SMARTS) is 1. The van der Waals surface area contributed by atoms with Gasteiger partial charge in [0.05, 0.1) is 19.3 Å². The summed E-state index contributed by atoms with van der Waals surface area (Å²) in [5, 5.41) is 8.53. The van der Waals surface area contributed by atoms with Gasteiger partial charge in [-0.25, -0.2) is 12.7 Å². The van der Waals surface area contributed by atoms with Crippen LogP contribution in [-0.2, 0) is 24.3 Å². The fourth-order valence-corrected chi connectivity index (χ4v) is 3.27. The van der Waals surface area contributed by atoms with Crippen LogP contribution >= 0.6 is 0 Å². The summed E-state index contributed by atoms with van der Waals surface area (Å²) in [6.45, 7) is 4.10. The molecule has 0 bridgehead atoms. The third kappa shape index (κ3) is 8.11. The highest BCUT2D eigenvalue weighted by Crippen LogP contribution is 2.10. The molecule has 0 atom stereocenters. The molecule has 118 valence electrons. The molecule has 0 unspecified atom stereocenters. The second-order valence-electron chi connectivity index (χ2n) is 4.89. The molecule has 0 amide bonds. The zero-order chi connectivity index (χ0) is 15.8. The third-order valence-electron chi connectivity index (χ3n) is 2.55. The fourth-order valence-electron chi connectivity index (χ4n) is 1.60. The number of hydrogen-bond acceptors (Lipinski definition) is 5. The quantitative estimate of drug-likeness (QED) is 0.596. The summed E-state index contributed by atoms with van der Waals surface area (Å²) in [7, 11) is -2.31.